The van der Waals surface area contributed by atoms with Crippen molar-refractivity contribution in [1.82, 2.24) is 20.1 Å². The fourth-order valence-corrected chi connectivity index (χ4v) is 2.34. The van der Waals surface area contributed by atoms with Crippen LogP contribution in [0.15, 0.2) is 29.9 Å². The Bertz CT molecular complexity index is 1020. The predicted molar refractivity (Wildman–Crippen MR) is 105 cm³/mol. The average Bonchev–Trinajstić information content (AvgIpc) is 3.26. The zero-order valence-corrected chi connectivity index (χ0v) is 17.0. The Kier molecular flexibility index (Phi) is 7.96. The van der Waals surface area contributed by atoms with Crippen LogP contribution in [-0.4, -0.2) is 56.6 Å². The summed E-state index contributed by atoms with van der Waals surface area (Å²) in [4.78, 5) is 49.8. The van der Waals surface area contributed by atoms with Gasteiger partial charge in [-0.3, -0.25) is 25.7 Å². The van der Waals surface area contributed by atoms with Gasteiger partial charge in [-0.05, 0) is 19.9 Å². The van der Waals surface area contributed by atoms with E-state index < -0.39 is 34.3 Å². The second kappa shape index (κ2) is 10.6. The fraction of sp³-hybridized carbons (Fsp3) is 0.250. The van der Waals surface area contributed by atoms with Gasteiger partial charge in [-0.1, -0.05) is 11.6 Å². The number of nitrogens with one attached hydrogen (secondary N) is 2. The van der Waals surface area contributed by atoms with Crippen molar-refractivity contribution < 1.29 is 28.8 Å². The summed E-state index contributed by atoms with van der Waals surface area (Å²) in [6.45, 7) is 2.85. The number of nitro groups is 1. The Labute approximate surface area is 179 Å². The standard InChI is InChI=1S/C16H16ClN7O7/c1-3-30-15(26)13(20-14(25)16(27)31-4-2)22-21-10-6-11(23-8-18-7-19-23)9(17)5-12(10)24(28)29/h5-8,21H,3-4H2,1-2H3,(H,20,22,25). The van der Waals surface area contributed by atoms with E-state index in [1.165, 1.54) is 37.3 Å². The van der Waals surface area contributed by atoms with Gasteiger partial charge in [0.15, 0.2) is 0 Å². The summed E-state index contributed by atoms with van der Waals surface area (Å²) < 4.78 is 10.5. The average molecular weight is 454 g/mol. The Balaban J connectivity index is 2.41. The van der Waals surface area contributed by atoms with Crippen LogP contribution in [0.2, 0.25) is 5.02 Å². The molecular weight excluding hydrogens is 438 g/mol. The molecule has 0 saturated heterocycles. The summed E-state index contributed by atoms with van der Waals surface area (Å²) in [5.74, 6) is -4.37. The molecule has 2 aromatic rings. The van der Waals surface area contributed by atoms with E-state index in [1.54, 1.807) is 0 Å². The number of nitro benzene ring substituents is 1. The number of hydrazone groups is 1. The van der Waals surface area contributed by atoms with Gasteiger partial charge in [0.2, 0.25) is 5.84 Å². The highest BCUT2D eigenvalue weighted by atomic mass is 35.5. The van der Waals surface area contributed by atoms with E-state index in [4.69, 9.17) is 16.3 Å². The van der Waals surface area contributed by atoms with Gasteiger partial charge in [0.25, 0.3) is 5.69 Å². The van der Waals surface area contributed by atoms with Crippen LogP contribution >= 0.6 is 11.6 Å². The molecule has 14 nitrogen and oxygen atoms in total. The largest absolute Gasteiger partial charge is 0.460 e. The van der Waals surface area contributed by atoms with Crippen LogP contribution in [0.3, 0.4) is 0 Å². The SMILES string of the molecule is CCOC(=O)C(=O)N/C(=N/Nc1cc(-n2cncn2)c(Cl)cc1[N+](=O)[O-])C(=O)OCC. The molecule has 31 heavy (non-hydrogen) atoms. The van der Waals surface area contributed by atoms with Gasteiger partial charge in [0.1, 0.15) is 18.3 Å². The second-order valence-corrected chi connectivity index (χ2v) is 5.79. The summed E-state index contributed by atoms with van der Waals surface area (Å²) >= 11 is 6.09. The molecule has 0 aliphatic heterocycles. The molecule has 2 rings (SSSR count). The molecule has 0 fully saturated rings. The maximum atomic E-state index is 12.1. The van der Waals surface area contributed by atoms with Gasteiger partial charge in [-0.25, -0.2) is 19.3 Å². The molecule has 1 heterocycles. The minimum Gasteiger partial charge on any atom is -0.460 e. The van der Waals surface area contributed by atoms with E-state index in [1.807, 2.05) is 5.32 Å². The number of amides is 1. The summed E-state index contributed by atoms with van der Waals surface area (Å²) in [6, 6.07) is 2.27. The highest BCUT2D eigenvalue weighted by molar-refractivity contribution is 6.45. The number of benzene rings is 1. The lowest BCUT2D eigenvalue weighted by atomic mass is 10.2. The minimum absolute atomic E-state index is 0.00652. The number of esters is 2. The van der Waals surface area contributed by atoms with Gasteiger partial charge in [0.05, 0.1) is 28.8 Å². The molecule has 2 N–H and O–H groups in total. The third-order valence-electron chi connectivity index (χ3n) is 3.38. The van der Waals surface area contributed by atoms with Crippen molar-refractivity contribution in [2.75, 3.05) is 18.6 Å². The van der Waals surface area contributed by atoms with E-state index >= 15 is 0 Å². The molecule has 1 aromatic heterocycles. The van der Waals surface area contributed by atoms with Crippen LogP contribution in [0.25, 0.3) is 5.69 Å². The summed E-state index contributed by atoms with van der Waals surface area (Å²) in [5.41, 5.74) is 1.83. The molecule has 0 radical (unpaired) electrons. The first-order valence-corrected chi connectivity index (χ1v) is 8.98. The molecule has 0 atom stereocenters. The smallest absolute Gasteiger partial charge is 0.397 e. The molecule has 0 saturated carbocycles. The number of anilines is 1. The van der Waals surface area contributed by atoms with E-state index in [9.17, 15) is 24.5 Å². The first-order chi connectivity index (χ1) is 14.8. The van der Waals surface area contributed by atoms with E-state index in [-0.39, 0.29) is 29.6 Å². The molecular formula is C16H16ClN7O7. The quantitative estimate of drug-likeness (QED) is 0.158. The third kappa shape index (κ3) is 5.96. The van der Waals surface area contributed by atoms with E-state index in [0.717, 1.165) is 6.07 Å². The highest BCUT2D eigenvalue weighted by Crippen LogP contribution is 2.33. The van der Waals surface area contributed by atoms with Crippen molar-refractivity contribution in [3.8, 4) is 5.69 Å². The lowest BCUT2D eigenvalue weighted by molar-refractivity contribution is -0.383. The number of hydrogen-bond acceptors (Lipinski definition) is 11. The normalized spacial score (nSPS) is 10.9. The number of nitrogens with zero attached hydrogens (tertiary/aromatic N) is 5. The number of hydrogen-bond donors (Lipinski definition) is 2. The molecule has 0 aliphatic rings. The van der Waals surface area contributed by atoms with Gasteiger partial charge < -0.3 is 9.47 Å². The number of aromatic nitrogens is 3. The van der Waals surface area contributed by atoms with Crippen molar-refractivity contribution in [3.05, 3.63) is 39.9 Å². The van der Waals surface area contributed by atoms with E-state index in [2.05, 4.69) is 25.3 Å². The number of carbonyl (C=O) groups is 3. The third-order valence-corrected chi connectivity index (χ3v) is 3.68. The summed E-state index contributed by atoms with van der Waals surface area (Å²) in [5, 5.41) is 20.9. The zero-order chi connectivity index (χ0) is 23.0. The van der Waals surface area contributed by atoms with Gasteiger partial charge in [-0.15, -0.1) is 5.10 Å². The summed E-state index contributed by atoms with van der Waals surface area (Å²) in [7, 11) is 0. The molecule has 1 amide bonds. The molecule has 0 bridgehead atoms. The maximum Gasteiger partial charge on any atom is 0.397 e. The monoisotopic (exact) mass is 453 g/mol. The van der Waals surface area contributed by atoms with Crippen LogP contribution in [0.5, 0.6) is 0 Å². The van der Waals surface area contributed by atoms with Gasteiger partial charge >= 0.3 is 17.8 Å². The van der Waals surface area contributed by atoms with Crippen molar-refractivity contribution in [2.45, 2.75) is 13.8 Å². The number of halogens is 1. The molecule has 0 aliphatic carbocycles. The van der Waals surface area contributed by atoms with Gasteiger partial charge in [0, 0.05) is 6.07 Å². The van der Waals surface area contributed by atoms with Crippen LogP contribution in [-0.2, 0) is 23.9 Å². The van der Waals surface area contributed by atoms with E-state index in [0.29, 0.717) is 0 Å². The number of amidine groups is 1. The Morgan fingerprint density at radius 2 is 1.90 bits per heavy atom. The lowest BCUT2D eigenvalue weighted by Gasteiger charge is -2.10. The second-order valence-electron chi connectivity index (χ2n) is 5.39. The minimum atomic E-state index is -1.29. The molecule has 0 spiro atoms. The molecule has 164 valence electrons. The highest BCUT2D eigenvalue weighted by Gasteiger charge is 2.24. The van der Waals surface area contributed by atoms with Crippen LogP contribution in [0.4, 0.5) is 11.4 Å². The topological polar surface area (TPSA) is 180 Å². The molecule has 15 heteroatoms. The van der Waals surface area contributed by atoms with Gasteiger partial charge in [-0.2, -0.15) is 5.10 Å². The first-order valence-electron chi connectivity index (χ1n) is 8.60. The fourth-order valence-electron chi connectivity index (χ4n) is 2.10. The predicted octanol–water partition coefficient (Wildman–Crippen LogP) is 0.797. The Morgan fingerprint density at radius 1 is 1.23 bits per heavy atom. The number of carbonyl (C=O) groups excluding carboxylic acids is 3. The number of rotatable bonds is 6. The zero-order valence-electron chi connectivity index (χ0n) is 16.2. The van der Waals surface area contributed by atoms with Crippen molar-refractivity contribution in [1.29, 1.82) is 0 Å². The van der Waals surface area contributed by atoms with Crippen LogP contribution < -0.4 is 10.7 Å². The summed E-state index contributed by atoms with van der Waals surface area (Å²) in [6.07, 6.45) is 2.54. The number of ether oxygens (including phenoxy) is 2. The van der Waals surface area contributed by atoms with Crippen molar-refractivity contribution >= 4 is 46.7 Å². The van der Waals surface area contributed by atoms with Crippen molar-refractivity contribution in [2.24, 2.45) is 5.10 Å². The Morgan fingerprint density at radius 3 is 2.48 bits per heavy atom. The van der Waals surface area contributed by atoms with Crippen LogP contribution in [0, 0.1) is 10.1 Å². The first kappa shape index (κ1) is 23.2. The molecule has 1 aromatic carbocycles. The Hall–Kier alpha value is -4.07. The molecule has 0 unspecified atom stereocenters. The van der Waals surface area contributed by atoms with Crippen molar-refractivity contribution in [3.63, 3.8) is 0 Å². The van der Waals surface area contributed by atoms with Crippen LogP contribution in [0.1, 0.15) is 13.8 Å². The maximum absolute atomic E-state index is 12.1. The lowest BCUT2D eigenvalue weighted by Crippen LogP contribution is -2.42.